The Hall–Kier alpha value is -1.32. The van der Waals surface area contributed by atoms with Crippen LogP contribution in [0.1, 0.15) is 30.2 Å². The number of hydrogen-bond donors (Lipinski definition) is 1. The number of hydrogen-bond acceptors (Lipinski definition) is 2. The molecule has 1 aromatic heterocycles. The van der Waals surface area contributed by atoms with Crippen LogP contribution in [0, 0.1) is 0 Å². The van der Waals surface area contributed by atoms with Crippen molar-refractivity contribution in [3.05, 3.63) is 17.7 Å². The summed E-state index contributed by atoms with van der Waals surface area (Å²) < 4.78 is 1.82. The third-order valence-electron chi connectivity index (χ3n) is 1.99. The first kappa shape index (κ1) is 9.77. The molecule has 0 aliphatic rings. The van der Waals surface area contributed by atoms with Crippen molar-refractivity contribution >= 4 is 5.91 Å². The Morgan fingerprint density at radius 3 is 2.77 bits per heavy atom. The zero-order valence-corrected chi connectivity index (χ0v) is 8.29. The van der Waals surface area contributed by atoms with E-state index in [-0.39, 0.29) is 5.91 Å². The second-order valence-electron chi connectivity index (χ2n) is 2.85. The molecule has 1 aromatic rings. The van der Waals surface area contributed by atoms with Crippen molar-refractivity contribution < 1.29 is 4.79 Å². The second-order valence-corrected chi connectivity index (χ2v) is 2.85. The standard InChI is InChI=1S/C9H15N3O/c1-4-7-6-11-8(12(7)3)9(13)10-5-2/h6H,4-5H2,1-3H3,(H,10,13). The summed E-state index contributed by atoms with van der Waals surface area (Å²) >= 11 is 0. The molecule has 0 atom stereocenters. The van der Waals surface area contributed by atoms with Crippen molar-refractivity contribution in [1.29, 1.82) is 0 Å². The molecule has 0 spiro atoms. The van der Waals surface area contributed by atoms with Gasteiger partial charge >= 0.3 is 0 Å². The molecule has 4 heteroatoms. The van der Waals surface area contributed by atoms with Gasteiger partial charge in [0.1, 0.15) is 0 Å². The van der Waals surface area contributed by atoms with Crippen molar-refractivity contribution in [3.8, 4) is 0 Å². The number of aromatic nitrogens is 2. The highest BCUT2D eigenvalue weighted by molar-refractivity contribution is 5.90. The lowest BCUT2D eigenvalue weighted by Crippen LogP contribution is -2.25. The second kappa shape index (κ2) is 4.07. The maximum atomic E-state index is 11.4. The number of aryl methyl sites for hydroxylation is 1. The van der Waals surface area contributed by atoms with Gasteiger partial charge in [0.2, 0.25) is 0 Å². The first-order chi connectivity index (χ1) is 6.20. The third-order valence-corrected chi connectivity index (χ3v) is 1.99. The van der Waals surface area contributed by atoms with E-state index < -0.39 is 0 Å². The average molecular weight is 181 g/mol. The van der Waals surface area contributed by atoms with E-state index in [1.807, 2.05) is 25.5 Å². The molecule has 1 heterocycles. The number of carbonyl (C=O) groups is 1. The Labute approximate surface area is 78.0 Å². The molecule has 0 aliphatic carbocycles. The summed E-state index contributed by atoms with van der Waals surface area (Å²) in [6.45, 7) is 4.56. The van der Waals surface area contributed by atoms with Crippen molar-refractivity contribution in [2.24, 2.45) is 7.05 Å². The van der Waals surface area contributed by atoms with Crippen LogP contribution < -0.4 is 5.32 Å². The van der Waals surface area contributed by atoms with Crippen molar-refractivity contribution in [3.63, 3.8) is 0 Å². The van der Waals surface area contributed by atoms with Crippen molar-refractivity contribution in [2.45, 2.75) is 20.3 Å². The topological polar surface area (TPSA) is 46.9 Å². The maximum Gasteiger partial charge on any atom is 0.287 e. The molecule has 0 saturated carbocycles. The lowest BCUT2D eigenvalue weighted by molar-refractivity contribution is 0.0942. The minimum atomic E-state index is -0.107. The van der Waals surface area contributed by atoms with Crippen LogP contribution >= 0.6 is 0 Å². The number of amides is 1. The van der Waals surface area contributed by atoms with Gasteiger partial charge in [0.15, 0.2) is 5.82 Å². The fraction of sp³-hybridized carbons (Fsp3) is 0.556. The van der Waals surface area contributed by atoms with Crippen LogP contribution in [0.25, 0.3) is 0 Å². The monoisotopic (exact) mass is 181 g/mol. The van der Waals surface area contributed by atoms with Crippen LogP contribution in [0.2, 0.25) is 0 Å². The minimum Gasteiger partial charge on any atom is -0.350 e. The first-order valence-corrected chi connectivity index (χ1v) is 4.49. The molecule has 0 unspecified atom stereocenters. The molecule has 0 fully saturated rings. The van der Waals surface area contributed by atoms with Gasteiger partial charge in [-0.15, -0.1) is 0 Å². The molecule has 0 aromatic carbocycles. The molecule has 1 N–H and O–H groups in total. The van der Waals surface area contributed by atoms with Gasteiger partial charge in [0.05, 0.1) is 0 Å². The van der Waals surface area contributed by atoms with Gasteiger partial charge in [-0.3, -0.25) is 4.79 Å². The van der Waals surface area contributed by atoms with E-state index in [1.54, 1.807) is 6.20 Å². The van der Waals surface area contributed by atoms with Crippen LogP contribution in [-0.2, 0) is 13.5 Å². The van der Waals surface area contributed by atoms with Crippen LogP contribution in [0.5, 0.6) is 0 Å². The normalized spacial score (nSPS) is 10.1. The van der Waals surface area contributed by atoms with Gasteiger partial charge in [-0.1, -0.05) is 6.92 Å². The Balaban J connectivity index is 2.89. The van der Waals surface area contributed by atoms with E-state index in [2.05, 4.69) is 10.3 Å². The van der Waals surface area contributed by atoms with E-state index in [1.165, 1.54) is 0 Å². The van der Waals surface area contributed by atoms with E-state index >= 15 is 0 Å². The highest BCUT2D eigenvalue weighted by Crippen LogP contribution is 2.03. The molecule has 1 amide bonds. The van der Waals surface area contributed by atoms with Gasteiger partial charge in [0.25, 0.3) is 5.91 Å². The van der Waals surface area contributed by atoms with Crippen molar-refractivity contribution in [1.82, 2.24) is 14.9 Å². The van der Waals surface area contributed by atoms with E-state index in [0.717, 1.165) is 12.1 Å². The summed E-state index contributed by atoms with van der Waals surface area (Å²) in [5, 5.41) is 2.72. The predicted molar refractivity (Wildman–Crippen MR) is 50.6 cm³/mol. The number of rotatable bonds is 3. The molecule has 4 nitrogen and oxygen atoms in total. The average Bonchev–Trinajstić information content (AvgIpc) is 2.47. The van der Waals surface area contributed by atoms with Crippen LogP contribution in [0.15, 0.2) is 6.20 Å². The Morgan fingerprint density at radius 1 is 1.62 bits per heavy atom. The number of nitrogens with one attached hydrogen (secondary N) is 1. The lowest BCUT2D eigenvalue weighted by Gasteiger charge is -2.03. The largest absolute Gasteiger partial charge is 0.350 e. The first-order valence-electron chi connectivity index (χ1n) is 4.49. The van der Waals surface area contributed by atoms with Gasteiger partial charge in [-0.2, -0.15) is 0 Å². The summed E-state index contributed by atoms with van der Waals surface area (Å²) in [7, 11) is 1.86. The zero-order chi connectivity index (χ0) is 9.84. The smallest absolute Gasteiger partial charge is 0.287 e. The SMILES string of the molecule is CCNC(=O)c1ncc(CC)n1C. The van der Waals surface area contributed by atoms with Gasteiger partial charge in [0, 0.05) is 25.5 Å². The number of imidazole rings is 1. The molecule has 72 valence electrons. The molecular formula is C9H15N3O. The van der Waals surface area contributed by atoms with Gasteiger partial charge in [-0.25, -0.2) is 4.98 Å². The van der Waals surface area contributed by atoms with Gasteiger partial charge in [-0.05, 0) is 13.3 Å². The molecule has 0 radical (unpaired) electrons. The van der Waals surface area contributed by atoms with E-state index in [9.17, 15) is 4.79 Å². The van der Waals surface area contributed by atoms with Crippen molar-refractivity contribution in [2.75, 3.05) is 6.54 Å². The summed E-state index contributed by atoms with van der Waals surface area (Å²) in [4.78, 5) is 15.5. The quantitative estimate of drug-likeness (QED) is 0.747. The Kier molecular flexibility index (Phi) is 3.06. The van der Waals surface area contributed by atoms with E-state index in [4.69, 9.17) is 0 Å². The molecule has 1 rings (SSSR count). The Bertz CT molecular complexity index is 304. The van der Waals surface area contributed by atoms with Crippen LogP contribution in [0.4, 0.5) is 0 Å². The highest BCUT2D eigenvalue weighted by atomic mass is 16.2. The molecule has 0 saturated heterocycles. The van der Waals surface area contributed by atoms with Crippen LogP contribution in [0.3, 0.4) is 0 Å². The molecule has 0 bridgehead atoms. The highest BCUT2D eigenvalue weighted by Gasteiger charge is 2.11. The Morgan fingerprint density at radius 2 is 2.31 bits per heavy atom. The predicted octanol–water partition coefficient (Wildman–Crippen LogP) is 0.732. The minimum absolute atomic E-state index is 0.107. The summed E-state index contributed by atoms with van der Waals surface area (Å²) in [5.74, 6) is 0.378. The summed E-state index contributed by atoms with van der Waals surface area (Å²) in [5.41, 5.74) is 1.07. The fourth-order valence-corrected chi connectivity index (χ4v) is 1.22. The molecular weight excluding hydrogens is 166 g/mol. The summed E-state index contributed by atoms with van der Waals surface area (Å²) in [6.07, 6.45) is 2.63. The fourth-order valence-electron chi connectivity index (χ4n) is 1.22. The molecule has 0 aliphatic heterocycles. The lowest BCUT2D eigenvalue weighted by atomic mass is 10.4. The van der Waals surface area contributed by atoms with E-state index in [0.29, 0.717) is 12.4 Å². The van der Waals surface area contributed by atoms with Crippen LogP contribution in [-0.4, -0.2) is 22.0 Å². The zero-order valence-electron chi connectivity index (χ0n) is 8.29. The third kappa shape index (κ3) is 1.88. The molecule has 13 heavy (non-hydrogen) atoms. The summed E-state index contributed by atoms with van der Waals surface area (Å²) in [6, 6.07) is 0. The van der Waals surface area contributed by atoms with Gasteiger partial charge < -0.3 is 9.88 Å². The number of carbonyl (C=O) groups excluding carboxylic acids is 1. The number of nitrogens with zero attached hydrogens (tertiary/aromatic N) is 2. The maximum absolute atomic E-state index is 11.4.